The molecule has 2 aromatic carbocycles. The number of ketones is 1. The molecule has 0 bridgehead atoms. The summed E-state index contributed by atoms with van der Waals surface area (Å²) in [5.41, 5.74) is 4.70. The average molecular weight is 282 g/mol. The van der Waals surface area contributed by atoms with E-state index in [9.17, 15) is 4.79 Å². The van der Waals surface area contributed by atoms with Crippen molar-refractivity contribution in [3.05, 3.63) is 58.1 Å². The predicted molar refractivity (Wildman–Crippen MR) is 81.5 cm³/mol. The summed E-state index contributed by atoms with van der Waals surface area (Å²) in [7, 11) is 0. The van der Waals surface area contributed by atoms with Crippen LogP contribution in [0.1, 0.15) is 32.6 Å². The zero-order valence-electron chi connectivity index (χ0n) is 12.5. The van der Waals surface area contributed by atoms with Gasteiger partial charge in [0.2, 0.25) is 0 Å². The fraction of sp³-hybridized carbons (Fsp3) is 0.278. The van der Waals surface area contributed by atoms with E-state index >= 15 is 0 Å². The van der Waals surface area contributed by atoms with Gasteiger partial charge in [0.1, 0.15) is 13.2 Å². The quantitative estimate of drug-likeness (QED) is 0.789. The van der Waals surface area contributed by atoms with E-state index in [1.165, 1.54) is 5.56 Å². The summed E-state index contributed by atoms with van der Waals surface area (Å²) in [5.74, 6) is 1.37. The Balaban J connectivity index is 2.01. The minimum atomic E-state index is 0.0209. The highest BCUT2D eigenvalue weighted by Gasteiger charge is 2.17. The van der Waals surface area contributed by atoms with E-state index < -0.39 is 0 Å². The highest BCUT2D eigenvalue weighted by Crippen LogP contribution is 2.31. The lowest BCUT2D eigenvalue weighted by Gasteiger charge is -2.19. The fourth-order valence-electron chi connectivity index (χ4n) is 2.55. The first-order valence-corrected chi connectivity index (χ1v) is 7.08. The maximum absolute atomic E-state index is 12.7. The second-order valence-electron chi connectivity index (χ2n) is 5.44. The lowest BCUT2D eigenvalue weighted by molar-refractivity contribution is 0.103. The molecule has 0 unspecified atom stereocenters. The lowest BCUT2D eigenvalue weighted by Crippen LogP contribution is -2.16. The molecule has 3 rings (SSSR count). The first-order chi connectivity index (χ1) is 10.1. The molecule has 2 aromatic rings. The number of benzene rings is 2. The van der Waals surface area contributed by atoms with Crippen LogP contribution in [0.3, 0.4) is 0 Å². The summed E-state index contributed by atoms with van der Waals surface area (Å²) in [6, 6.07) is 9.39. The molecule has 1 aliphatic rings. The van der Waals surface area contributed by atoms with Gasteiger partial charge >= 0.3 is 0 Å². The van der Waals surface area contributed by atoms with Crippen molar-refractivity contribution in [1.82, 2.24) is 0 Å². The standard InChI is InChI=1S/C18H18O3/c1-11-8-13(3)15(9-12(11)2)18(19)14-4-5-16-17(10-14)21-7-6-20-16/h4-5,8-10H,6-7H2,1-3H3. The Kier molecular flexibility index (Phi) is 3.42. The SMILES string of the molecule is Cc1cc(C)c(C(=O)c2ccc3c(c2)OCCO3)cc1C. The molecule has 0 aliphatic carbocycles. The van der Waals surface area contributed by atoms with Crippen LogP contribution in [0.15, 0.2) is 30.3 Å². The average Bonchev–Trinajstić information content (AvgIpc) is 2.50. The third-order valence-corrected chi connectivity index (χ3v) is 3.89. The minimum Gasteiger partial charge on any atom is -0.486 e. The molecule has 1 heterocycles. The fourth-order valence-corrected chi connectivity index (χ4v) is 2.55. The summed E-state index contributed by atoms with van der Waals surface area (Å²) in [6.07, 6.45) is 0. The van der Waals surface area contributed by atoms with E-state index in [0.717, 1.165) is 16.7 Å². The number of ether oxygens (including phenoxy) is 2. The van der Waals surface area contributed by atoms with Crippen molar-refractivity contribution >= 4 is 5.78 Å². The molecule has 3 nitrogen and oxygen atoms in total. The van der Waals surface area contributed by atoms with Gasteiger partial charge in [-0.15, -0.1) is 0 Å². The van der Waals surface area contributed by atoms with Gasteiger partial charge in [-0.25, -0.2) is 0 Å². The van der Waals surface area contributed by atoms with Crippen LogP contribution >= 0.6 is 0 Å². The highest BCUT2D eigenvalue weighted by molar-refractivity contribution is 6.10. The summed E-state index contributed by atoms with van der Waals surface area (Å²) >= 11 is 0. The van der Waals surface area contributed by atoms with Crippen molar-refractivity contribution in [3.8, 4) is 11.5 Å². The molecule has 0 radical (unpaired) electrons. The molecule has 0 saturated heterocycles. The zero-order valence-corrected chi connectivity index (χ0v) is 12.5. The molecule has 108 valence electrons. The Hall–Kier alpha value is -2.29. The maximum Gasteiger partial charge on any atom is 0.193 e. The highest BCUT2D eigenvalue weighted by atomic mass is 16.6. The normalized spacial score (nSPS) is 13.1. The Labute approximate surface area is 124 Å². The van der Waals surface area contributed by atoms with E-state index in [1.54, 1.807) is 18.2 Å². The minimum absolute atomic E-state index is 0.0209. The monoisotopic (exact) mass is 282 g/mol. The van der Waals surface area contributed by atoms with Crippen molar-refractivity contribution < 1.29 is 14.3 Å². The molecular formula is C18H18O3. The first-order valence-electron chi connectivity index (χ1n) is 7.08. The Morgan fingerprint density at radius 3 is 2.29 bits per heavy atom. The van der Waals surface area contributed by atoms with Gasteiger partial charge < -0.3 is 9.47 Å². The van der Waals surface area contributed by atoms with Gasteiger partial charge in [-0.3, -0.25) is 4.79 Å². The van der Waals surface area contributed by atoms with Crippen LogP contribution < -0.4 is 9.47 Å². The Bertz CT molecular complexity index is 717. The molecule has 3 heteroatoms. The lowest BCUT2D eigenvalue weighted by atomic mass is 9.94. The van der Waals surface area contributed by atoms with E-state index in [0.29, 0.717) is 30.3 Å². The largest absolute Gasteiger partial charge is 0.486 e. The third kappa shape index (κ3) is 2.51. The first kappa shape index (κ1) is 13.7. The van der Waals surface area contributed by atoms with Crippen molar-refractivity contribution in [1.29, 1.82) is 0 Å². The van der Waals surface area contributed by atoms with Gasteiger partial charge in [-0.2, -0.15) is 0 Å². The van der Waals surface area contributed by atoms with Gasteiger partial charge in [-0.05, 0) is 61.7 Å². The molecule has 1 aliphatic heterocycles. The number of aryl methyl sites for hydroxylation is 3. The topological polar surface area (TPSA) is 35.5 Å². The summed E-state index contributed by atoms with van der Waals surface area (Å²) in [4.78, 5) is 12.7. The van der Waals surface area contributed by atoms with E-state index in [2.05, 4.69) is 13.0 Å². The predicted octanol–water partition coefficient (Wildman–Crippen LogP) is 3.61. The van der Waals surface area contributed by atoms with Gasteiger partial charge in [0.15, 0.2) is 17.3 Å². The van der Waals surface area contributed by atoms with Gasteiger partial charge in [0, 0.05) is 11.1 Å². The molecular weight excluding hydrogens is 264 g/mol. The van der Waals surface area contributed by atoms with Crippen LogP contribution in [-0.2, 0) is 0 Å². The van der Waals surface area contributed by atoms with E-state index in [-0.39, 0.29) is 5.78 Å². The van der Waals surface area contributed by atoms with Crippen LogP contribution in [0.5, 0.6) is 11.5 Å². The smallest absolute Gasteiger partial charge is 0.193 e. The van der Waals surface area contributed by atoms with Crippen molar-refractivity contribution in [2.45, 2.75) is 20.8 Å². The second kappa shape index (κ2) is 5.24. The van der Waals surface area contributed by atoms with Gasteiger partial charge in [0.25, 0.3) is 0 Å². The van der Waals surface area contributed by atoms with Crippen molar-refractivity contribution in [2.75, 3.05) is 13.2 Å². The van der Waals surface area contributed by atoms with Crippen LogP contribution in [0, 0.1) is 20.8 Å². The second-order valence-corrected chi connectivity index (χ2v) is 5.44. The third-order valence-electron chi connectivity index (χ3n) is 3.89. The molecule has 0 fully saturated rings. The van der Waals surface area contributed by atoms with E-state index in [4.69, 9.17) is 9.47 Å². The zero-order chi connectivity index (χ0) is 15.0. The molecule has 0 spiro atoms. The van der Waals surface area contributed by atoms with Gasteiger partial charge in [-0.1, -0.05) is 6.07 Å². The Morgan fingerprint density at radius 1 is 0.857 bits per heavy atom. The van der Waals surface area contributed by atoms with Crippen molar-refractivity contribution in [3.63, 3.8) is 0 Å². The molecule has 0 atom stereocenters. The molecule has 0 aromatic heterocycles. The number of hydrogen-bond acceptors (Lipinski definition) is 3. The molecule has 21 heavy (non-hydrogen) atoms. The van der Waals surface area contributed by atoms with Crippen molar-refractivity contribution in [2.24, 2.45) is 0 Å². The van der Waals surface area contributed by atoms with Gasteiger partial charge in [0.05, 0.1) is 0 Å². The van der Waals surface area contributed by atoms with Crippen LogP contribution in [0.25, 0.3) is 0 Å². The number of rotatable bonds is 2. The van der Waals surface area contributed by atoms with Crippen LogP contribution in [0.4, 0.5) is 0 Å². The molecule has 0 saturated carbocycles. The molecule has 0 N–H and O–H groups in total. The number of carbonyl (C=O) groups is 1. The summed E-state index contributed by atoms with van der Waals surface area (Å²) < 4.78 is 11.0. The summed E-state index contributed by atoms with van der Waals surface area (Å²) in [6.45, 7) is 7.12. The van der Waals surface area contributed by atoms with Crippen LogP contribution in [0.2, 0.25) is 0 Å². The van der Waals surface area contributed by atoms with Crippen LogP contribution in [-0.4, -0.2) is 19.0 Å². The molecule has 0 amide bonds. The summed E-state index contributed by atoms with van der Waals surface area (Å²) in [5, 5.41) is 0. The van der Waals surface area contributed by atoms with E-state index in [1.807, 2.05) is 19.9 Å². The number of hydrogen-bond donors (Lipinski definition) is 0. The number of carbonyl (C=O) groups excluding carboxylic acids is 1. The number of fused-ring (bicyclic) bond motifs is 1. The maximum atomic E-state index is 12.7. The Morgan fingerprint density at radius 2 is 1.52 bits per heavy atom.